The molecule has 0 aliphatic heterocycles. The summed E-state index contributed by atoms with van der Waals surface area (Å²) in [4.78, 5) is 11.9. The molecule has 1 fully saturated rings. The predicted molar refractivity (Wildman–Crippen MR) is 77.6 cm³/mol. The van der Waals surface area contributed by atoms with E-state index in [0.717, 1.165) is 21.3 Å². The zero-order chi connectivity index (χ0) is 13.3. The van der Waals surface area contributed by atoms with Crippen molar-refractivity contribution in [3.63, 3.8) is 0 Å². The fourth-order valence-electron chi connectivity index (χ4n) is 2.14. The Hall–Kier alpha value is -0.870. The van der Waals surface area contributed by atoms with Gasteiger partial charge in [0.2, 0.25) is 5.91 Å². The molecule has 1 amide bonds. The fourth-order valence-corrected chi connectivity index (χ4v) is 2.36. The van der Waals surface area contributed by atoms with Crippen LogP contribution in [0, 0.1) is 19.8 Å². The summed E-state index contributed by atoms with van der Waals surface area (Å²) in [5, 5.41) is 2.92. The Morgan fingerprint density at radius 2 is 2.00 bits per heavy atom. The largest absolute Gasteiger partial charge is 0.327 e. The number of rotatable bonds is 4. The van der Waals surface area contributed by atoms with Crippen LogP contribution in [0.1, 0.15) is 30.4 Å². The smallest absolute Gasteiger partial charge is 0.225 e. The standard InChI is InChI=1S/C14H19BrN2O/c1-8-5-11(6-9(2)14(8)15)17-13(18)7-12(16)10-3-4-10/h5-6,10,12H,3-4,7,16H2,1-2H3,(H,17,18). The summed E-state index contributed by atoms with van der Waals surface area (Å²) in [6.07, 6.45) is 2.76. The van der Waals surface area contributed by atoms with E-state index in [1.54, 1.807) is 0 Å². The first kappa shape index (κ1) is 13.6. The maximum absolute atomic E-state index is 11.9. The molecule has 4 heteroatoms. The second-order valence-corrected chi connectivity index (χ2v) is 5.97. The van der Waals surface area contributed by atoms with Crippen molar-refractivity contribution >= 4 is 27.5 Å². The summed E-state index contributed by atoms with van der Waals surface area (Å²) in [5.41, 5.74) is 9.04. The Bertz CT molecular complexity index is 446. The van der Waals surface area contributed by atoms with E-state index in [1.807, 2.05) is 26.0 Å². The maximum atomic E-state index is 11.9. The first-order chi connectivity index (χ1) is 8.47. The van der Waals surface area contributed by atoms with Crippen LogP contribution in [-0.2, 0) is 4.79 Å². The highest BCUT2D eigenvalue weighted by Crippen LogP contribution is 2.33. The van der Waals surface area contributed by atoms with Gasteiger partial charge in [-0.05, 0) is 55.9 Å². The molecule has 1 aliphatic carbocycles. The number of nitrogens with one attached hydrogen (secondary N) is 1. The van der Waals surface area contributed by atoms with Crippen molar-refractivity contribution in [3.05, 3.63) is 27.7 Å². The van der Waals surface area contributed by atoms with E-state index in [2.05, 4.69) is 21.2 Å². The van der Waals surface area contributed by atoms with Crippen LogP contribution >= 0.6 is 15.9 Å². The Morgan fingerprint density at radius 1 is 1.44 bits per heavy atom. The van der Waals surface area contributed by atoms with Crippen LogP contribution in [0.2, 0.25) is 0 Å². The van der Waals surface area contributed by atoms with Crippen LogP contribution in [0.4, 0.5) is 5.69 Å². The average Bonchev–Trinajstić information content (AvgIpc) is 3.09. The van der Waals surface area contributed by atoms with E-state index in [0.29, 0.717) is 12.3 Å². The van der Waals surface area contributed by atoms with E-state index in [9.17, 15) is 4.79 Å². The van der Waals surface area contributed by atoms with Crippen molar-refractivity contribution in [3.8, 4) is 0 Å². The summed E-state index contributed by atoms with van der Waals surface area (Å²) in [7, 11) is 0. The van der Waals surface area contributed by atoms with Crippen LogP contribution in [0.5, 0.6) is 0 Å². The highest BCUT2D eigenvalue weighted by molar-refractivity contribution is 9.10. The van der Waals surface area contributed by atoms with Gasteiger partial charge >= 0.3 is 0 Å². The van der Waals surface area contributed by atoms with Crippen molar-refractivity contribution in [2.24, 2.45) is 11.7 Å². The highest BCUT2D eigenvalue weighted by atomic mass is 79.9. The number of aryl methyl sites for hydroxylation is 2. The molecule has 1 aromatic rings. The molecule has 0 bridgehead atoms. The molecule has 1 aromatic carbocycles. The van der Waals surface area contributed by atoms with Gasteiger partial charge in [0.1, 0.15) is 0 Å². The number of amides is 1. The molecule has 18 heavy (non-hydrogen) atoms. The van der Waals surface area contributed by atoms with Crippen molar-refractivity contribution in [2.75, 3.05) is 5.32 Å². The fraction of sp³-hybridized carbons (Fsp3) is 0.500. The monoisotopic (exact) mass is 310 g/mol. The Labute approximate surface area is 116 Å². The van der Waals surface area contributed by atoms with Gasteiger partial charge in [-0.25, -0.2) is 0 Å². The van der Waals surface area contributed by atoms with Gasteiger partial charge in [-0.3, -0.25) is 4.79 Å². The van der Waals surface area contributed by atoms with Crippen LogP contribution in [0.25, 0.3) is 0 Å². The van der Waals surface area contributed by atoms with Crippen LogP contribution in [0.3, 0.4) is 0 Å². The van der Waals surface area contributed by atoms with E-state index < -0.39 is 0 Å². The lowest BCUT2D eigenvalue weighted by atomic mass is 10.1. The van der Waals surface area contributed by atoms with Crippen molar-refractivity contribution in [2.45, 2.75) is 39.2 Å². The molecule has 1 aliphatic rings. The molecule has 2 rings (SSSR count). The number of hydrogen-bond donors (Lipinski definition) is 2. The topological polar surface area (TPSA) is 55.1 Å². The Morgan fingerprint density at radius 3 is 2.50 bits per heavy atom. The number of halogens is 1. The maximum Gasteiger partial charge on any atom is 0.225 e. The molecule has 1 atom stereocenters. The highest BCUT2D eigenvalue weighted by Gasteiger charge is 2.29. The molecule has 1 saturated carbocycles. The van der Waals surface area contributed by atoms with Gasteiger partial charge in [0.15, 0.2) is 0 Å². The summed E-state index contributed by atoms with van der Waals surface area (Å²) in [6.45, 7) is 4.03. The van der Waals surface area contributed by atoms with Gasteiger partial charge in [0, 0.05) is 22.6 Å². The quantitative estimate of drug-likeness (QED) is 0.897. The second-order valence-electron chi connectivity index (χ2n) is 5.18. The SMILES string of the molecule is Cc1cc(NC(=O)CC(N)C2CC2)cc(C)c1Br. The van der Waals surface area contributed by atoms with Gasteiger partial charge in [0.05, 0.1) is 0 Å². The molecule has 0 saturated heterocycles. The van der Waals surface area contributed by atoms with Gasteiger partial charge < -0.3 is 11.1 Å². The summed E-state index contributed by atoms with van der Waals surface area (Å²) < 4.78 is 1.09. The molecule has 0 radical (unpaired) electrons. The first-order valence-corrected chi connectivity index (χ1v) is 7.09. The summed E-state index contributed by atoms with van der Waals surface area (Å²) in [6, 6.07) is 3.96. The average molecular weight is 311 g/mol. The number of benzene rings is 1. The van der Waals surface area contributed by atoms with Gasteiger partial charge in [-0.15, -0.1) is 0 Å². The van der Waals surface area contributed by atoms with Crippen LogP contribution < -0.4 is 11.1 Å². The number of carbonyl (C=O) groups excluding carboxylic acids is 1. The lowest BCUT2D eigenvalue weighted by Crippen LogP contribution is -2.28. The van der Waals surface area contributed by atoms with Crippen LogP contribution in [0.15, 0.2) is 16.6 Å². The van der Waals surface area contributed by atoms with Crippen molar-refractivity contribution in [1.29, 1.82) is 0 Å². The third-order valence-corrected chi connectivity index (χ3v) is 4.62. The van der Waals surface area contributed by atoms with E-state index in [4.69, 9.17) is 5.73 Å². The molecule has 98 valence electrons. The molecular formula is C14H19BrN2O. The van der Waals surface area contributed by atoms with Gasteiger partial charge in [-0.1, -0.05) is 15.9 Å². The molecule has 3 nitrogen and oxygen atoms in total. The molecular weight excluding hydrogens is 292 g/mol. The zero-order valence-electron chi connectivity index (χ0n) is 10.8. The van der Waals surface area contributed by atoms with Gasteiger partial charge in [0.25, 0.3) is 0 Å². The number of carbonyl (C=O) groups is 1. The normalized spacial score (nSPS) is 16.4. The Balaban J connectivity index is 1.98. The molecule has 0 aromatic heterocycles. The molecule has 0 heterocycles. The first-order valence-electron chi connectivity index (χ1n) is 6.29. The van der Waals surface area contributed by atoms with E-state index >= 15 is 0 Å². The predicted octanol–water partition coefficient (Wildman–Crippen LogP) is 3.13. The molecule has 0 spiro atoms. The van der Waals surface area contributed by atoms with E-state index in [-0.39, 0.29) is 11.9 Å². The number of anilines is 1. The lowest BCUT2D eigenvalue weighted by Gasteiger charge is -2.12. The molecule has 3 N–H and O–H groups in total. The minimum atomic E-state index is 0.00974. The minimum absolute atomic E-state index is 0.00974. The zero-order valence-corrected chi connectivity index (χ0v) is 12.4. The summed E-state index contributed by atoms with van der Waals surface area (Å²) in [5.74, 6) is 0.569. The van der Waals surface area contributed by atoms with E-state index in [1.165, 1.54) is 12.8 Å². The van der Waals surface area contributed by atoms with Crippen molar-refractivity contribution < 1.29 is 4.79 Å². The van der Waals surface area contributed by atoms with Crippen molar-refractivity contribution in [1.82, 2.24) is 0 Å². The number of nitrogens with two attached hydrogens (primary N) is 1. The summed E-state index contributed by atoms with van der Waals surface area (Å²) >= 11 is 3.51. The third kappa shape index (κ3) is 3.33. The molecule has 1 unspecified atom stereocenters. The van der Waals surface area contributed by atoms with Crippen LogP contribution in [-0.4, -0.2) is 11.9 Å². The number of hydrogen-bond acceptors (Lipinski definition) is 2. The lowest BCUT2D eigenvalue weighted by molar-refractivity contribution is -0.116. The Kier molecular flexibility index (Phi) is 4.07. The van der Waals surface area contributed by atoms with Gasteiger partial charge in [-0.2, -0.15) is 0 Å². The third-order valence-electron chi connectivity index (χ3n) is 3.37. The second kappa shape index (κ2) is 5.41. The minimum Gasteiger partial charge on any atom is -0.327 e.